The lowest BCUT2D eigenvalue weighted by Gasteiger charge is -2.12. The summed E-state index contributed by atoms with van der Waals surface area (Å²) in [6, 6.07) is 15.3. The zero-order valence-electron chi connectivity index (χ0n) is 16.0. The Morgan fingerprint density at radius 1 is 1.11 bits per heavy atom. The molecule has 3 aromatic rings. The van der Waals surface area contributed by atoms with Crippen molar-refractivity contribution in [3.63, 3.8) is 0 Å². The molecule has 2 aromatic carbocycles. The quantitative estimate of drug-likeness (QED) is 0.731. The Labute approximate surface area is 164 Å². The van der Waals surface area contributed by atoms with Crippen LogP contribution >= 0.6 is 0 Å². The van der Waals surface area contributed by atoms with Gasteiger partial charge in [-0.15, -0.1) is 10.2 Å². The van der Waals surface area contributed by atoms with Crippen LogP contribution in [0.4, 0.5) is 5.69 Å². The fourth-order valence-corrected chi connectivity index (χ4v) is 3.45. The number of nitrogens with zero attached hydrogens (tertiary/aromatic N) is 3. The molecule has 1 aliphatic rings. The summed E-state index contributed by atoms with van der Waals surface area (Å²) in [6.07, 6.45) is 4.50. The van der Waals surface area contributed by atoms with E-state index in [0.29, 0.717) is 5.75 Å². The number of benzene rings is 2. The first kappa shape index (κ1) is 18.2. The Hall–Kier alpha value is -3.15. The average molecular weight is 376 g/mol. The summed E-state index contributed by atoms with van der Waals surface area (Å²) in [5.74, 6) is 2.40. The van der Waals surface area contributed by atoms with E-state index in [1.165, 1.54) is 6.42 Å². The summed E-state index contributed by atoms with van der Waals surface area (Å²) in [5, 5.41) is 11.7. The number of hydrogen-bond donors (Lipinski definition) is 1. The highest BCUT2D eigenvalue weighted by atomic mass is 16.5. The maximum Gasteiger partial charge on any atom is 0.262 e. The van der Waals surface area contributed by atoms with E-state index in [-0.39, 0.29) is 12.5 Å². The molecule has 6 nitrogen and oxygen atoms in total. The van der Waals surface area contributed by atoms with E-state index in [1.807, 2.05) is 55.5 Å². The summed E-state index contributed by atoms with van der Waals surface area (Å²) in [4.78, 5) is 12.3. The molecule has 0 aliphatic carbocycles. The highest BCUT2D eigenvalue weighted by Crippen LogP contribution is 2.27. The number of ether oxygens (including phenoxy) is 1. The van der Waals surface area contributed by atoms with Crippen LogP contribution in [0.2, 0.25) is 0 Å². The van der Waals surface area contributed by atoms with Gasteiger partial charge in [0.15, 0.2) is 12.4 Å². The number of rotatable bonds is 5. The second-order valence-corrected chi connectivity index (χ2v) is 7.08. The van der Waals surface area contributed by atoms with E-state index in [9.17, 15) is 4.79 Å². The Balaban J connectivity index is 1.50. The van der Waals surface area contributed by atoms with E-state index in [0.717, 1.165) is 54.3 Å². The summed E-state index contributed by atoms with van der Waals surface area (Å²) in [6.45, 7) is 2.88. The number of carbonyl (C=O) groups is 1. The van der Waals surface area contributed by atoms with Gasteiger partial charge in [-0.2, -0.15) is 0 Å². The third-order valence-electron chi connectivity index (χ3n) is 4.99. The minimum absolute atomic E-state index is 0.0337. The van der Waals surface area contributed by atoms with Crippen LogP contribution in [0.1, 0.15) is 30.7 Å². The maximum atomic E-state index is 12.3. The molecule has 0 radical (unpaired) electrons. The van der Waals surface area contributed by atoms with Crippen molar-refractivity contribution in [2.75, 3.05) is 11.9 Å². The molecule has 1 amide bonds. The van der Waals surface area contributed by atoms with Gasteiger partial charge in [0, 0.05) is 24.2 Å². The fourth-order valence-electron chi connectivity index (χ4n) is 3.45. The maximum absolute atomic E-state index is 12.3. The molecule has 0 unspecified atom stereocenters. The molecule has 0 spiro atoms. The second-order valence-electron chi connectivity index (χ2n) is 7.08. The lowest BCUT2D eigenvalue weighted by atomic mass is 10.1. The second kappa shape index (κ2) is 8.25. The number of fused-ring (bicyclic) bond motifs is 1. The highest BCUT2D eigenvalue weighted by Gasteiger charge is 2.17. The van der Waals surface area contributed by atoms with Gasteiger partial charge in [0.25, 0.3) is 5.91 Å². The molecule has 0 atom stereocenters. The molecule has 4 rings (SSSR count). The Morgan fingerprint density at radius 2 is 1.96 bits per heavy atom. The number of nitrogens with one attached hydrogen (secondary N) is 1. The van der Waals surface area contributed by atoms with Gasteiger partial charge in [-0.05, 0) is 43.5 Å². The largest absolute Gasteiger partial charge is 0.484 e. The number of aromatic nitrogens is 3. The SMILES string of the molecule is Cc1ccc(-c2nnc3n2CCCCC3)cc1NC(=O)COc1ccccc1. The monoisotopic (exact) mass is 376 g/mol. The van der Waals surface area contributed by atoms with Crippen LogP contribution < -0.4 is 10.1 Å². The number of carbonyl (C=O) groups excluding carboxylic acids is 1. The Kier molecular flexibility index (Phi) is 5.37. The standard InChI is InChI=1S/C22H24N4O2/c1-16-11-12-17(22-25-24-20-10-6-3-7-13-26(20)22)14-19(16)23-21(27)15-28-18-8-4-2-5-9-18/h2,4-5,8-9,11-12,14H,3,6-7,10,13,15H2,1H3,(H,23,27). The minimum atomic E-state index is -0.191. The van der Waals surface area contributed by atoms with E-state index in [2.05, 4.69) is 20.1 Å². The normalized spacial score (nSPS) is 13.5. The third kappa shape index (κ3) is 4.06. The predicted molar refractivity (Wildman–Crippen MR) is 108 cm³/mol. The van der Waals surface area contributed by atoms with E-state index < -0.39 is 0 Å². The lowest BCUT2D eigenvalue weighted by Crippen LogP contribution is -2.20. The molecule has 0 saturated carbocycles. The topological polar surface area (TPSA) is 69.0 Å². The van der Waals surface area contributed by atoms with Crippen LogP contribution in [0.3, 0.4) is 0 Å². The van der Waals surface area contributed by atoms with Crippen LogP contribution in [0, 0.1) is 6.92 Å². The van der Waals surface area contributed by atoms with Crippen LogP contribution in [0.5, 0.6) is 5.75 Å². The number of amides is 1. The first-order valence-electron chi connectivity index (χ1n) is 9.71. The van der Waals surface area contributed by atoms with Crippen molar-refractivity contribution in [3.05, 3.63) is 59.9 Å². The summed E-state index contributed by atoms with van der Waals surface area (Å²) < 4.78 is 7.74. The zero-order valence-corrected chi connectivity index (χ0v) is 16.0. The van der Waals surface area contributed by atoms with Crippen LogP contribution in [0.25, 0.3) is 11.4 Å². The van der Waals surface area contributed by atoms with Crippen LogP contribution in [-0.4, -0.2) is 27.3 Å². The van der Waals surface area contributed by atoms with E-state index >= 15 is 0 Å². The molecule has 1 aliphatic heterocycles. The molecule has 1 aromatic heterocycles. The van der Waals surface area contributed by atoms with Crippen LogP contribution in [0.15, 0.2) is 48.5 Å². The van der Waals surface area contributed by atoms with Gasteiger partial charge < -0.3 is 14.6 Å². The van der Waals surface area contributed by atoms with Gasteiger partial charge in [0.2, 0.25) is 0 Å². The minimum Gasteiger partial charge on any atom is -0.484 e. The molecule has 1 N–H and O–H groups in total. The number of para-hydroxylation sites is 1. The van der Waals surface area contributed by atoms with Gasteiger partial charge in [-0.25, -0.2) is 0 Å². The summed E-state index contributed by atoms with van der Waals surface area (Å²) in [5.41, 5.74) is 2.73. The van der Waals surface area contributed by atoms with Gasteiger partial charge in [0.1, 0.15) is 11.6 Å². The van der Waals surface area contributed by atoms with Crippen molar-refractivity contribution in [1.29, 1.82) is 0 Å². The van der Waals surface area contributed by atoms with Crippen molar-refractivity contribution in [1.82, 2.24) is 14.8 Å². The molecule has 6 heteroatoms. The zero-order chi connectivity index (χ0) is 19.3. The van der Waals surface area contributed by atoms with Gasteiger partial charge >= 0.3 is 0 Å². The molecule has 2 heterocycles. The number of aryl methyl sites for hydroxylation is 2. The van der Waals surface area contributed by atoms with E-state index in [4.69, 9.17) is 4.74 Å². The molecule has 0 fully saturated rings. The van der Waals surface area contributed by atoms with Crippen LogP contribution in [-0.2, 0) is 17.8 Å². The van der Waals surface area contributed by atoms with Gasteiger partial charge in [-0.1, -0.05) is 36.8 Å². The molecule has 0 bridgehead atoms. The molecular formula is C22H24N4O2. The Bertz CT molecular complexity index is 966. The molecular weight excluding hydrogens is 352 g/mol. The van der Waals surface area contributed by atoms with Crippen molar-refractivity contribution in [3.8, 4) is 17.1 Å². The Morgan fingerprint density at radius 3 is 2.82 bits per heavy atom. The summed E-state index contributed by atoms with van der Waals surface area (Å²) >= 11 is 0. The lowest BCUT2D eigenvalue weighted by molar-refractivity contribution is -0.118. The van der Waals surface area contributed by atoms with E-state index in [1.54, 1.807) is 0 Å². The predicted octanol–water partition coefficient (Wildman–Crippen LogP) is 4.00. The third-order valence-corrected chi connectivity index (χ3v) is 4.99. The molecule has 0 saturated heterocycles. The smallest absolute Gasteiger partial charge is 0.262 e. The van der Waals surface area contributed by atoms with Gasteiger partial charge in [0.05, 0.1) is 0 Å². The van der Waals surface area contributed by atoms with Crippen molar-refractivity contribution in [2.24, 2.45) is 0 Å². The summed E-state index contributed by atoms with van der Waals surface area (Å²) in [7, 11) is 0. The number of anilines is 1. The molecule has 28 heavy (non-hydrogen) atoms. The average Bonchev–Trinajstić information content (AvgIpc) is 2.97. The van der Waals surface area contributed by atoms with Crippen molar-refractivity contribution >= 4 is 11.6 Å². The van der Waals surface area contributed by atoms with Gasteiger partial charge in [-0.3, -0.25) is 4.79 Å². The van der Waals surface area contributed by atoms with Crippen molar-refractivity contribution in [2.45, 2.75) is 39.2 Å². The molecule has 144 valence electrons. The van der Waals surface area contributed by atoms with Crippen molar-refractivity contribution < 1.29 is 9.53 Å². The first-order valence-corrected chi connectivity index (χ1v) is 9.71. The fraction of sp³-hybridized carbons (Fsp3) is 0.318. The highest BCUT2D eigenvalue weighted by molar-refractivity contribution is 5.93. The number of hydrogen-bond acceptors (Lipinski definition) is 4. The first-order chi connectivity index (χ1) is 13.7.